The van der Waals surface area contributed by atoms with Gasteiger partial charge in [-0.1, -0.05) is 56.3 Å². The number of nitrogens with one attached hydrogen (secondary N) is 1. The third-order valence-electron chi connectivity index (χ3n) is 4.07. The standard InChI is InChI=1S/C19H22N2O/c1-14(2)12-13-21-17-11-7-6-10-16(17)20-18(19(21)22)15-8-4-3-5-9-15/h3-11,14,18,20H,12-13H2,1-2H3. The van der Waals surface area contributed by atoms with Crippen LogP contribution in [0.4, 0.5) is 11.4 Å². The molecule has 1 heterocycles. The zero-order chi connectivity index (χ0) is 15.5. The van der Waals surface area contributed by atoms with Crippen molar-refractivity contribution in [3.8, 4) is 0 Å². The molecule has 0 bridgehead atoms. The maximum atomic E-state index is 13.0. The Bertz CT molecular complexity index is 651. The number of nitrogens with zero attached hydrogens (tertiary/aromatic N) is 1. The lowest BCUT2D eigenvalue weighted by Gasteiger charge is -2.36. The Balaban J connectivity index is 1.95. The van der Waals surface area contributed by atoms with Gasteiger partial charge in [0.25, 0.3) is 5.91 Å². The van der Waals surface area contributed by atoms with Crippen LogP contribution in [0.3, 0.4) is 0 Å². The minimum Gasteiger partial charge on any atom is -0.368 e. The number of para-hydroxylation sites is 2. The molecular formula is C19H22N2O. The summed E-state index contributed by atoms with van der Waals surface area (Å²) in [4.78, 5) is 14.9. The molecule has 114 valence electrons. The van der Waals surface area contributed by atoms with Crippen LogP contribution in [0.1, 0.15) is 31.9 Å². The van der Waals surface area contributed by atoms with Crippen LogP contribution in [0.2, 0.25) is 0 Å². The molecular weight excluding hydrogens is 272 g/mol. The summed E-state index contributed by atoms with van der Waals surface area (Å²) in [6.45, 7) is 5.14. The first kappa shape index (κ1) is 14.6. The smallest absolute Gasteiger partial charge is 0.254 e. The van der Waals surface area contributed by atoms with Crippen LogP contribution in [-0.4, -0.2) is 12.5 Å². The first-order valence-electron chi connectivity index (χ1n) is 7.88. The van der Waals surface area contributed by atoms with Crippen LogP contribution in [0.25, 0.3) is 0 Å². The van der Waals surface area contributed by atoms with Crippen molar-refractivity contribution in [2.24, 2.45) is 5.92 Å². The van der Waals surface area contributed by atoms with E-state index in [0.29, 0.717) is 5.92 Å². The van der Waals surface area contributed by atoms with Crippen molar-refractivity contribution in [1.82, 2.24) is 0 Å². The highest BCUT2D eigenvalue weighted by atomic mass is 16.2. The van der Waals surface area contributed by atoms with E-state index in [0.717, 1.165) is 29.9 Å². The van der Waals surface area contributed by atoms with Crippen molar-refractivity contribution in [3.05, 3.63) is 60.2 Å². The lowest BCUT2D eigenvalue weighted by molar-refractivity contribution is -0.119. The van der Waals surface area contributed by atoms with E-state index >= 15 is 0 Å². The van der Waals surface area contributed by atoms with Gasteiger partial charge in [-0.15, -0.1) is 0 Å². The molecule has 1 atom stereocenters. The molecule has 0 fully saturated rings. The Morgan fingerprint density at radius 2 is 1.73 bits per heavy atom. The minimum absolute atomic E-state index is 0.130. The highest BCUT2D eigenvalue weighted by Crippen LogP contribution is 2.36. The highest BCUT2D eigenvalue weighted by molar-refractivity contribution is 6.05. The number of hydrogen-bond donors (Lipinski definition) is 1. The molecule has 1 aliphatic heterocycles. The maximum absolute atomic E-state index is 13.0. The molecule has 2 aromatic rings. The number of hydrogen-bond acceptors (Lipinski definition) is 2. The molecule has 0 radical (unpaired) electrons. The van der Waals surface area contributed by atoms with Crippen LogP contribution >= 0.6 is 0 Å². The zero-order valence-corrected chi connectivity index (χ0v) is 13.1. The van der Waals surface area contributed by atoms with Crippen LogP contribution in [0.15, 0.2) is 54.6 Å². The average Bonchev–Trinajstić information content (AvgIpc) is 2.54. The Morgan fingerprint density at radius 3 is 2.45 bits per heavy atom. The molecule has 3 nitrogen and oxygen atoms in total. The number of anilines is 2. The van der Waals surface area contributed by atoms with Crippen LogP contribution in [-0.2, 0) is 4.79 Å². The van der Waals surface area contributed by atoms with Gasteiger partial charge in [0.1, 0.15) is 6.04 Å². The molecule has 0 aromatic heterocycles. The lowest BCUT2D eigenvalue weighted by Crippen LogP contribution is -2.43. The van der Waals surface area contributed by atoms with Crippen LogP contribution in [0, 0.1) is 5.92 Å². The summed E-state index contributed by atoms with van der Waals surface area (Å²) in [5.74, 6) is 0.704. The number of carbonyl (C=O) groups excluding carboxylic acids is 1. The van der Waals surface area contributed by atoms with Gasteiger partial charge in [0.05, 0.1) is 11.4 Å². The van der Waals surface area contributed by atoms with Crippen LogP contribution < -0.4 is 10.2 Å². The lowest BCUT2D eigenvalue weighted by atomic mass is 10.0. The summed E-state index contributed by atoms with van der Waals surface area (Å²) < 4.78 is 0. The second-order valence-electron chi connectivity index (χ2n) is 6.18. The molecule has 0 aliphatic carbocycles. The Hall–Kier alpha value is -2.29. The van der Waals surface area contributed by atoms with E-state index in [4.69, 9.17) is 0 Å². The second-order valence-corrected chi connectivity index (χ2v) is 6.18. The van der Waals surface area contributed by atoms with Crippen molar-refractivity contribution >= 4 is 17.3 Å². The molecule has 22 heavy (non-hydrogen) atoms. The van der Waals surface area contributed by atoms with E-state index in [1.807, 2.05) is 59.5 Å². The van der Waals surface area contributed by atoms with Gasteiger partial charge in [-0.3, -0.25) is 4.79 Å². The summed E-state index contributed by atoms with van der Waals surface area (Å²) in [6, 6.07) is 17.7. The molecule has 0 saturated carbocycles. The van der Waals surface area contributed by atoms with Crippen molar-refractivity contribution in [2.75, 3.05) is 16.8 Å². The third kappa shape index (κ3) is 2.84. The number of amides is 1. The molecule has 3 rings (SSSR count). The monoisotopic (exact) mass is 294 g/mol. The number of fused-ring (bicyclic) bond motifs is 1. The predicted molar refractivity (Wildman–Crippen MR) is 91.1 cm³/mol. The first-order valence-corrected chi connectivity index (χ1v) is 7.88. The molecule has 1 unspecified atom stereocenters. The topological polar surface area (TPSA) is 32.3 Å². The normalized spacial score (nSPS) is 17.3. The number of benzene rings is 2. The fraction of sp³-hybridized carbons (Fsp3) is 0.316. The van der Waals surface area contributed by atoms with Crippen molar-refractivity contribution in [2.45, 2.75) is 26.3 Å². The summed E-state index contributed by atoms with van der Waals surface area (Å²) in [7, 11) is 0. The summed E-state index contributed by atoms with van der Waals surface area (Å²) in [6.07, 6.45) is 1.00. The maximum Gasteiger partial charge on any atom is 0.254 e. The van der Waals surface area contributed by atoms with Crippen molar-refractivity contribution in [1.29, 1.82) is 0 Å². The summed E-state index contributed by atoms with van der Waals surface area (Å²) in [5, 5.41) is 3.39. The van der Waals surface area contributed by atoms with Crippen molar-refractivity contribution in [3.63, 3.8) is 0 Å². The minimum atomic E-state index is -0.303. The Morgan fingerprint density at radius 1 is 1.05 bits per heavy atom. The molecule has 0 saturated heterocycles. The molecule has 1 aliphatic rings. The molecule has 2 aromatic carbocycles. The van der Waals surface area contributed by atoms with E-state index in [1.165, 1.54) is 0 Å². The zero-order valence-electron chi connectivity index (χ0n) is 13.1. The highest BCUT2D eigenvalue weighted by Gasteiger charge is 2.32. The van der Waals surface area contributed by atoms with E-state index in [2.05, 4.69) is 19.2 Å². The van der Waals surface area contributed by atoms with E-state index in [1.54, 1.807) is 0 Å². The predicted octanol–water partition coefficient (Wildman–Crippen LogP) is 4.23. The second kappa shape index (κ2) is 6.22. The van der Waals surface area contributed by atoms with Gasteiger partial charge in [0, 0.05) is 6.54 Å². The Kier molecular flexibility index (Phi) is 4.14. The van der Waals surface area contributed by atoms with E-state index in [9.17, 15) is 4.79 Å². The summed E-state index contributed by atoms with van der Waals surface area (Å²) >= 11 is 0. The first-order chi connectivity index (χ1) is 10.7. The van der Waals surface area contributed by atoms with E-state index < -0.39 is 0 Å². The fourth-order valence-corrected chi connectivity index (χ4v) is 2.81. The van der Waals surface area contributed by atoms with Gasteiger partial charge in [0.15, 0.2) is 0 Å². The number of rotatable bonds is 4. The number of carbonyl (C=O) groups is 1. The third-order valence-corrected chi connectivity index (χ3v) is 4.07. The van der Waals surface area contributed by atoms with Gasteiger partial charge in [-0.25, -0.2) is 0 Å². The van der Waals surface area contributed by atoms with E-state index in [-0.39, 0.29) is 11.9 Å². The van der Waals surface area contributed by atoms with Crippen LogP contribution in [0.5, 0.6) is 0 Å². The quantitative estimate of drug-likeness (QED) is 0.915. The van der Waals surface area contributed by atoms with Gasteiger partial charge < -0.3 is 10.2 Å². The van der Waals surface area contributed by atoms with Gasteiger partial charge in [-0.05, 0) is 30.0 Å². The molecule has 0 spiro atoms. The largest absolute Gasteiger partial charge is 0.368 e. The fourth-order valence-electron chi connectivity index (χ4n) is 2.81. The SMILES string of the molecule is CC(C)CCN1C(=O)C(c2ccccc2)Nc2ccccc21. The molecule has 3 heteroatoms. The Labute approximate surface area is 132 Å². The van der Waals surface area contributed by atoms with Gasteiger partial charge in [0.2, 0.25) is 0 Å². The van der Waals surface area contributed by atoms with Crippen molar-refractivity contribution < 1.29 is 4.79 Å². The molecule has 1 amide bonds. The van der Waals surface area contributed by atoms with Gasteiger partial charge in [-0.2, -0.15) is 0 Å². The summed E-state index contributed by atoms with van der Waals surface area (Å²) in [5.41, 5.74) is 3.02. The van der Waals surface area contributed by atoms with Gasteiger partial charge >= 0.3 is 0 Å². The average molecular weight is 294 g/mol. The molecule has 1 N–H and O–H groups in total.